The minimum atomic E-state index is -0.708. The summed E-state index contributed by atoms with van der Waals surface area (Å²) in [4.78, 5) is 18.9. The summed E-state index contributed by atoms with van der Waals surface area (Å²) >= 11 is 0. The number of nitrogens with two attached hydrogens (primary N) is 1. The third-order valence-corrected chi connectivity index (χ3v) is 4.28. The number of likely N-dealkylation sites (N-methyl/N-ethyl adjacent to an activating group) is 1. The first-order chi connectivity index (χ1) is 9.49. The quantitative estimate of drug-likeness (QED) is 0.299. The van der Waals surface area contributed by atoms with E-state index in [4.69, 9.17) is 10.9 Å². The number of hydrogen-bond acceptors (Lipinski definition) is 5. The second-order valence-electron chi connectivity index (χ2n) is 6.00. The maximum atomic E-state index is 12.5. The first kappa shape index (κ1) is 15.1. The molecule has 7 nitrogen and oxygen atoms in total. The van der Waals surface area contributed by atoms with Gasteiger partial charge < -0.3 is 20.7 Å². The lowest BCUT2D eigenvalue weighted by Gasteiger charge is -2.36. The Labute approximate surface area is 120 Å². The van der Waals surface area contributed by atoms with E-state index in [-0.39, 0.29) is 11.7 Å². The van der Waals surface area contributed by atoms with Crippen LogP contribution in [0.5, 0.6) is 0 Å². The zero-order valence-corrected chi connectivity index (χ0v) is 12.4. The van der Waals surface area contributed by atoms with Crippen LogP contribution in [0.3, 0.4) is 0 Å². The molecule has 1 saturated carbocycles. The van der Waals surface area contributed by atoms with Crippen molar-refractivity contribution < 1.29 is 10.0 Å². The molecule has 2 rings (SSSR count). The highest BCUT2D eigenvalue weighted by molar-refractivity contribution is 6.09. The molecular weight excluding hydrogens is 258 g/mol. The zero-order valence-electron chi connectivity index (χ0n) is 12.4. The van der Waals surface area contributed by atoms with Crippen molar-refractivity contribution in [3.8, 4) is 0 Å². The first-order valence-electron chi connectivity index (χ1n) is 7.14. The van der Waals surface area contributed by atoms with Gasteiger partial charge in [0.05, 0.1) is 0 Å². The number of piperazine rings is 1. The molecule has 1 aliphatic heterocycles. The van der Waals surface area contributed by atoms with E-state index in [0.29, 0.717) is 12.8 Å². The number of hydrogen-bond donors (Lipinski definition) is 2. The van der Waals surface area contributed by atoms with Gasteiger partial charge in [-0.2, -0.15) is 0 Å². The lowest BCUT2D eigenvalue weighted by molar-refractivity contribution is -0.136. The lowest BCUT2D eigenvalue weighted by Crippen LogP contribution is -2.53. The van der Waals surface area contributed by atoms with Crippen LogP contribution in [0.1, 0.15) is 12.8 Å². The monoisotopic (exact) mass is 283 g/mol. The molecule has 1 heterocycles. The summed E-state index contributed by atoms with van der Waals surface area (Å²) < 4.78 is 0. The van der Waals surface area contributed by atoms with E-state index < -0.39 is 5.41 Å². The van der Waals surface area contributed by atoms with E-state index in [0.717, 1.165) is 39.3 Å². The van der Waals surface area contributed by atoms with Crippen LogP contribution in [0.25, 0.3) is 0 Å². The zero-order chi connectivity index (χ0) is 14.8. The van der Waals surface area contributed by atoms with Gasteiger partial charge in [0.2, 0.25) is 5.91 Å². The molecule has 0 spiro atoms. The van der Waals surface area contributed by atoms with E-state index >= 15 is 0 Å². The molecule has 0 aromatic heterocycles. The summed E-state index contributed by atoms with van der Waals surface area (Å²) in [6, 6.07) is 0. The Hall–Kier alpha value is -1.34. The summed E-state index contributed by atoms with van der Waals surface area (Å²) in [5, 5.41) is 11.8. The molecule has 0 aromatic rings. The van der Waals surface area contributed by atoms with E-state index in [1.54, 1.807) is 0 Å². The Kier molecular flexibility index (Phi) is 4.49. The summed E-state index contributed by atoms with van der Waals surface area (Å²) in [5.41, 5.74) is 4.96. The molecule has 3 N–H and O–H groups in total. The molecule has 114 valence electrons. The van der Waals surface area contributed by atoms with Gasteiger partial charge in [0.1, 0.15) is 5.41 Å². The predicted octanol–water partition coefficient (Wildman–Crippen LogP) is -0.781. The van der Waals surface area contributed by atoms with E-state index in [1.165, 1.54) is 0 Å². The number of oxime groups is 1. The average Bonchev–Trinajstić information content (AvgIpc) is 3.25. The van der Waals surface area contributed by atoms with Gasteiger partial charge >= 0.3 is 0 Å². The smallest absolute Gasteiger partial charge is 0.236 e. The minimum Gasteiger partial charge on any atom is -0.409 e. The van der Waals surface area contributed by atoms with Gasteiger partial charge in [-0.05, 0) is 26.9 Å². The van der Waals surface area contributed by atoms with Crippen LogP contribution in [-0.4, -0.2) is 85.0 Å². The molecule has 2 fully saturated rings. The van der Waals surface area contributed by atoms with Gasteiger partial charge in [-0.1, -0.05) is 5.16 Å². The van der Waals surface area contributed by atoms with Gasteiger partial charge in [-0.25, -0.2) is 0 Å². The van der Waals surface area contributed by atoms with Crippen LogP contribution in [-0.2, 0) is 4.79 Å². The summed E-state index contributed by atoms with van der Waals surface area (Å²) in [5.74, 6) is 0.0950. The molecule has 0 bridgehead atoms. The highest BCUT2D eigenvalue weighted by atomic mass is 16.4. The molecule has 2 aliphatic rings. The molecule has 0 atom stereocenters. The van der Waals surface area contributed by atoms with Crippen molar-refractivity contribution in [3.63, 3.8) is 0 Å². The Balaban J connectivity index is 1.84. The number of amides is 1. The van der Waals surface area contributed by atoms with E-state index in [2.05, 4.69) is 29.1 Å². The Morgan fingerprint density at radius 2 is 1.90 bits per heavy atom. The van der Waals surface area contributed by atoms with Crippen molar-refractivity contribution in [2.24, 2.45) is 16.3 Å². The molecule has 0 radical (unpaired) electrons. The topological polar surface area (TPSA) is 85.4 Å². The maximum Gasteiger partial charge on any atom is 0.236 e. The third-order valence-electron chi connectivity index (χ3n) is 4.28. The van der Waals surface area contributed by atoms with Crippen LogP contribution in [0.4, 0.5) is 0 Å². The van der Waals surface area contributed by atoms with Gasteiger partial charge in [-0.3, -0.25) is 9.69 Å². The Morgan fingerprint density at radius 3 is 2.35 bits per heavy atom. The molecule has 7 heteroatoms. The summed E-state index contributed by atoms with van der Waals surface area (Å²) in [6.45, 7) is 5.31. The molecule has 1 aliphatic carbocycles. The van der Waals surface area contributed by atoms with Crippen LogP contribution in [0.2, 0.25) is 0 Å². The lowest BCUT2D eigenvalue weighted by atomic mass is 10.0. The van der Waals surface area contributed by atoms with Crippen LogP contribution in [0.15, 0.2) is 5.16 Å². The van der Waals surface area contributed by atoms with Gasteiger partial charge in [0, 0.05) is 39.3 Å². The van der Waals surface area contributed by atoms with Gasteiger partial charge in [0.15, 0.2) is 5.84 Å². The van der Waals surface area contributed by atoms with Gasteiger partial charge in [0.25, 0.3) is 0 Å². The van der Waals surface area contributed by atoms with Crippen LogP contribution in [0, 0.1) is 5.41 Å². The predicted molar refractivity (Wildman–Crippen MR) is 76.6 cm³/mol. The minimum absolute atomic E-state index is 0.0278. The van der Waals surface area contributed by atoms with E-state index in [9.17, 15) is 4.79 Å². The van der Waals surface area contributed by atoms with Crippen molar-refractivity contribution in [1.29, 1.82) is 0 Å². The number of carbonyl (C=O) groups is 1. The highest BCUT2D eigenvalue weighted by Gasteiger charge is 2.55. The fourth-order valence-electron chi connectivity index (χ4n) is 2.62. The highest BCUT2D eigenvalue weighted by Crippen LogP contribution is 2.47. The fraction of sp³-hybridized carbons (Fsp3) is 0.846. The normalized spacial score (nSPS) is 23.1. The fourth-order valence-corrected chi connectivity index (χ4v) is 2.62. The number of rotatable bonds is 5. The first-order valence-corrected chi connectivity index (χ1v) is 7.14. The summed E-state index contributed by atoms with van der Waals surface area (Å²) in [7, 11) is 4.13. The van der Waals surface area contributed by atoms with Crippen molar-refractivity contribution in [2.75, 3.05) is 53.4 Å². The van der Waals surface area contributed by atoms with Gasteiger partial charge in [-0.15, -0.1) is 0 Å². The van der Waals surface area contributed by atoms with Crippen molar-refractivity contribution in [2.45, 2.75) is 12.8 Å². The number of amidine groups is 1. The Morgan fingerprint density at radius 1 is 1.30 bits per heavy atom. The van der Waals surface area contributed by atoms with Crippen molar-refractivity contribution >= 4 is 11.7 Å². The SMILES string of the molecule is CN(C)CCN1CCN(C(=O)C2(C(N)=NO)CC2)CC1. The van der Waals surface area contributed by atoms with Crippen LogP contribution < -0.4 is 5.73 Å². The molecule has 20 heavy (non-hydrogen) atoms. The standard InChI is InChI=1S/C13H25N5O2/c1-16(2)5-6-17-7-9-18(10-8-17)12(19)13(3-4-13)11(14)15-20/h20H,3-10H2,1-2H3,(H2,14,15). The molecule has 1 saturated heterocycles. The van der Waals surface area contributed by atoms with Crippen molar-refractivity contribution in [3.05, 3.63) is 0 Å². The maximum absolute atomic E-state index is 12.5. The third kappa shape index (κ3) is 3.04. The second kappa shape index (κ2) is 5.97. The van der Waals surface area contributed by atoms with Crippen molar-refractivity contribution in [1.82, 2.24) is 14.7 Å². The molecule has 0 unspecified atom stereocenters. The molecule has 1 amide bonds. The summed E-state index contributed by atoms with van der Waals surface area (Å²) in [6.07, 6.45) is 1.39. The van der Waals surface area contributed by atoms with E-state index in [1.807, 2.05) is 4.90 Å². The average molecular weight is 283 g/mol. The molecular formula is C13H25N5O2. The van der Waals surface area contributed by atoms with Crippen LogP contribution >= 0.6 is 0 Å². The largest absolute Gasteiger partial charge is 0.409 e. The second-order valence-corrected chi connectivity index (χ2v) is 6.00. The Bertz CT molecular complexity index is 384. The number of nitrogens with zero attached hydrogens (tertiary/aromatic N) is 4. The molecule has 0 aromatic carbocycles. The number of carbonyl (C=O) groups excluding carboxylic acids is 1.